The van der Waals surface area contributed by atoms with Crippen LogP contribution in [0.3, 0.4) is 0 Å². The molecule has 1 saturated heterocycles. The van der Waals surface area contributed by atoms with E-state index in [1.807, 2.05) is 6.92 Å². The van der Waals surface area contributed by atoms with Gasteiger partial charge in [0.2, 0.25) is 0 Å². The predicted octanol–water partition coefficient (Wildman–Crippen LogP) is 3.19. The van der Waals surface area contributed by atoms with Crippen molar-refractivity contribution in [2.75, 3.05) is 19.8 Å². The molecule has 1 N–H and O–H groups in total. The van der Waals surface area contributed by atoms with Crippen LogP contribution in [0.1, 0.15) is 36.5 Å². The van der Waals surface area contributed by atoms with E-state index in [2.05, 4.69) is 0 Å². The second-order valence-electron chi connectivity index (χ2n) is 6.80. The fraction of sp³-hybridized carbons (Fsp3) is 0.333. The Labute approximate surface area is 162 Å². The summed E-state index contributed by atoms with van der Waals surface area (Å²) in [7, 11) is 0. The zero-order valence-corrected chi connectivity index (χ0v) is 15.7. The molecule has 28 heavy (non-hydrogen) atoms. The number of rotatable bonds is 4. The highest BCUT2D eigenvalue weighted by molar-refractivity contribution is 6.46. The average molecular weight is 383 g/mol. The molecule has 2 aliphatic rings. The second-order valence-corrected chi connectivity index (χ2v) is 6.80. The van der Waals surface area contributed by atoms with Crippen molar-refractivity contribution < 1.29 is 28.6 Å². The van der Waals surface area contributed by atoms with Crippen molar-refractivity contribution in [2.45, 2.75) is 26.3 Å². The lowest BCUT2D eigenvalue weighted by atomic mass is 9.99. The molecule has 1 aromatic carbocycles. The molecule has 1 aromatic heterocycles. The van der Waals surface area contributed by atoms with Crippen LogP contribution in [0.4, 0.5) is 0 Å². The monoisotopic (exact) mass is 383 g/mol. The van der Waals surface area contributed by atoms with Crippen molar-refractivity contribution >= 4 is 17.4 Å². The van der Waals surface area contributed by atoms with Crippen molar-refractivity contribution in [3.8, 4) is 11.5 Å². The molecule has 2 aromatic rings. The number of nitrogens with zero attached hydrogens (tertiary/aromatic N) is 1. The number of carbonyl (C=O) groups excluding carboxylic acids is 2. The third kappa shape index (κ3) is 2.93. The Morgan fingerprint density at radius 1 is 1.14 bits per heavy atom. The van der Waals surface area contributed by atoms with Crippen molar-refractivity contribution in [2.24, 2.45) is 0 Å². The predicted molar refractivity (Wildman–Crippen MR) is 100 cm³/mol. The number of carbonyl (C=O) groups is 2. The molecule has 0 aliphatic carbocycles. The zero-order valence-electron chi connectivity index (χ0n) is 15.7. The number of hydrogen-bond acceptors (Lipinski definition) is 6. The highest BCUT2D eigenvalue weighted by atomic mass is 16.6. The Bertz CT molecular complexity index is 973. The lowest BCUT2D eigenvalue weighted by Gasteiger charge is -2.23. The maximum absolute atomic E-state index is 12.8. The normalized spacial score (nSPS) is 20.6. The summed E-state index contributed by atoms with van der Waals surface area (Å²) < 4.78 is 16.8. The van der Waals surface area contributed by atoms with E-state index in [4.69, 9.17) is 13.9 Å². The molecule has 3 heterocycles. The first kappa shape index (κ1) is 18.2. The van der Waals surface area contributed by atoms with Crippen LogP contribution in [0.2, 0.25) is 0 Å². The fourth-order valence-electron chi connectivity index (χ4n) is 3.59. The van der Waals surface area contributed by atoms with Gasteiger partial charge in [0.05, 0.1) is 5.57 Å². The maximum Gasteiger partial charge on any atom is 0.295 e. The van der Waals surface area contributed by atoms with E-state index in [0.29, 0.717) is 54.8 Å². The van der Waals surface area contributed by atoms with Gasteiger partial charge in [-0.3, -0.25) is 9.59 Å². The summed E-state index contributed by atoms with van der Waals surface area (Å²) in [6.45, 7) is 4.95. The number of hydrogen-bond donors (Lipinski definition) is 1. The van der Waals surface area contributed by atoms with Crippen molar-refractivity contribution in [1.82, 2.24) is 4.90 Å². The quantitative estimate of drug-likeness (QED) is 0.495. The Morgan fingerprint density at radius 3 is 2.57 bits per heavy atom. The van der Waals surface area contributed by atoms with Gasteiger partial charge in [0.1, 0.15) is 36.5 Å². The number of benzene rings is 1. The standard InChI is InChI=1S/C21H21NO6/c1-3-8-22-18(15-6-4-12(2)28-15)17(20(24)21(22)25)19(23)13-5-7-14-16(11-13)27-10-9-26-14/h4-7,11,18,23H,3,8-10H2,1-2H3/b19-17-. The molecule has 1 fully saturated rings. The van der Waals surface area contributed by atoms with E-state index in [0.717, 1.165) is 0 Å². The minimum Gasteiger partial charge on any atom is -0.507 e. The van der Waals surface area contributed by atoms with Crippen LogP contribution in [-0.4, -0.2) is 41.5 Å². The lowest BCUT2D eigenvalue weighted by molar-refractivity contribution is -0.140. The number of Topliss-reactive ketones (excluding diaryl/α,β-unsaturated/α-hetero) is 1. The van der Waals surface area contributed by atoms with Gasteiger partial charge in [0.15, 0.2) is 11.5 Å². The summed E-state index contributed by atoms with van der Waals surface area (Å²) in [6.07, 6.45) is 0.674. The molecule has 1 amide bonds. The fourth-order valence-corrected chi connectivity index (χ4v) is 3.59. The summed E-state index contributed by atoms with van der Waals surface area (Å²) >= 11 is 0. The van der Waals surface area contributed by atoms with E-state index < -0.39 is 17.7 Å². The highest BCUT2D eigenvalue weighted by Gasteiger charge is 2.47. The number of amides is 1. The van der Waals surface area contributed by atoms with Crippen LogP contribution < -0.4 is 9.47 Å². The largest absolute Gasteiger partial charge is 0.507 e. The number of aliphatic hydroxyl groups excluding tert-OH is 1. The number of aryl methyl sites for hydroxylation is 1. The van der Waals surface area contributed by atoms with Crippen molar-refractivity contribution in [3.63, 3.8) is 0 Å². The van der Waals surface area contributed by atoms with Crippen LogP contribution in [0, 0.1) is 6.92 Å². The summed E-state index contributed by atoms with van der Waals surface area (Å²) in [4.78, 5) is 26.8. The molecule has 1 atom stereocenters. The summed E-state index contributed by atoms with van der Waals surface area (Å²) in [5.74, 6) is 0.560. The van der Waals surface area contributed by atoms with E-state index in [1.165, 1.54) is 4.90 Å². The molecule has 1 unspecified atom stereocenters. The van der Waals surface area contributed by atoms with Gasteiger partial charge in [-0.15, -0.1) is 0 Å². The molecule has 146 valence electrons. The molecule has 7 heteroatoms. The topological polar surface area (TPSA) is 89.2 Å². The van der Waals surface area contributed by atoms with Crippen molar-refractivity contribution in [3.05, 3.63) is 53.0 Å². The molecule has 0 bridgehead atoms. The Balaban J connectivity index is 1.84. The first-order valence-corrected chi connectivity index (χ1v) is 9.26. The van der Waals surface area contributed by atoms with Gasteiger partial charge in [-0.2, -0.15) is 0 Å². The number of furan rings is 1. The third-order valence-electron chi connectivity index (χ3n) is 4.85. The molecule has 2 aliphatic heterocycles. The number of likely N-dealkylation sites (tertiary alicyclic amines) is 1. The maximum atomic E-state index is 12.8. The SMILES string of the molecule is CCCN1C(=O)C(=O)/C(=C(\O)c2ccc3c(c2)OCCO3)C1c1ccc(C)o1. The van der Waals surface area contributed by atoms with Gasteiger partial charge >= 0.3 is 0 Å². The van der Waals surface area contributed by atoms with E-state index >= 15 is 0 Å². The first-order valence-electron chi connectivity index (χ1n) is 9.26. The summed E-state index contributed by atoms with van der Waals surface area (Å²) in [5.41, 5.74) is 0.400. The Hall–Kier alpha value is -3.22. The minimum atomic E-state index is -0.762. The number of ketones is 1. The molecule has 0 spiro atoms. The van der Waals surface area contributed by atoms with E-state index in [9.17, 15) is 14.7 Å². The molecule has 0 saturated carbocycles. The molecular weight excluding hydrogens is 362 g/mol. The Morgan fingerprint density at radius 2 is 1.89 bits per heavy atom. The van der Waals surface area contributed by atoms with Gasteiger partial charge in [-0.05, 0) is 43.7 Å². The number of fused-ring (bicyclic) bond motifs is 1. The lowest BCUT2D eigenvalue weighted by Crippen LogP contribution is -2.30. The molecule has 4 rings (SSSR count). The van der Waals surface area contributed by atoms with Crippen LogP contribution >= 0.6 is 0 Å². The van der Waals surface area contributed by atoms with Gasteiger partial charge in [-0.25, -0.2) is 0 Å². The van der Waals surface area contributed by atoms with Crippen LogP contribution in [0.25, 0.3) is 5.76 Å². The van der Waals surface area contributed by atoms with Crippen molar-refractivity contribution in [1.29, 1.82) is 0 Å². The first-order chi connectivity index (χ1) is 13.5. The van der Waals surface area contributed by atoms with Gasteiger partial charge in [0.25, 0.3) is 11.7 Å². The zero-order chi connectivity index (χ0) is 19.8. The highest BCUT2D eigenvalue weighted by Crippen LogP contribution is 2.41. The van der Waals surface area contributed by atoms with E-state index in [-0.39, 0.29) is 11.3 Å². The third-order valence-corrected chi connectivity index (χ3v) is 4.85. The number of ether oxygens (including phenoxy) is 2. The minimum absolute atomic E-state index is 0.0180. The van der Waals surface area contributed by atoms with Crippen LogP contribution in [-0.2, 0) is 9.59 Å². The Kier molecular flexibility index (Phi) is 4.58. The van der Waals surface area contributed by atoms with Crippen LogP contribution in [0.5, 0.6) is 11.5 Å². The summed E-state index contributed by atoms with van der Waals surface area (Å²) in [5, 5.41) is 11.0. The van der Waals surface area contributed by atoms with E-state index in [1.54, 1.807) is 37.3 Å². The van der Waals surface area contributed by atoms with Gasteiger partial charge in [0, 0.05) is 12.1 Å². The second kappa shape index (κ2) is 7.07. The number of aliphatic hydroxyl groups is 1. The average Bonchev–Trinajstić information content (AvgIpc) is 3.23. The van der Waals surface area contributed by atoms with Gasteiger partial charge < -0.3 is 23.9 Å². The van der Waals surface area contributed by atoms with Gasteiger partial charge in [-0.1, -0.05) is 6.92 Å². The van der Waals surface area contributed by atoms with Crippen LogP contribution in [0.15, 0.2) is 40.3 Å². The molecule has 0 radical (unpaired) electrons. The smallest absolute Gasteiger partial charge is 0.295 e. The molecular formula is C21H21NO6. The summed E-state index contributed by atoms with van der Waals surface area (Å²) in [6, 6.07) is 7.67. The molecule has 7 nitrogen and oxygen atoms in total.